The van der Waals surface area contributed by atoms with Crippen LogP contribution in [0.5, 0.6) is 0 Å². The van der Waals surface area contributed by atoms with Gasteiger partial charge in [-0.3, -0.25) is 4.79 Å². The van der Waals surface area contributed by atoms with Crippen molar-refractivity contribution in [3.05, 3.63) is 0 Å². The molecule has 5 nitrogen and oxygen atoms in total. The normalized spacial score (nSPS) is 26.3. The van der Waals surface area contributed by atoms with Crippen molar-refractivity contribution in [3.63, 3.8) is 0 Å². The summed E-state index contributed by atoms with van der Waals surface area (Å²) < 4.78 is 0. The molecule has 0 saturated carbocycles. The van der Waals surface area contributed by atoms with E-state index >= 15 is 0 Å². The van der Waals surface area contributed by atoms with E-state index in [-0.39, 0.29) is 11.9 Å². The molecule has 0 bridgehead atoms. The Morgan fingerprint density at radius 3 is 2.64 bits per heavy atom. The Hall–Kier alpha value is -0.650. The average molecular weight is 201 g/mol. The van der Waals surface area contributed by atoms with Crippen molar-refractivity contribution >= 4 is 5.91 Å². The second-order valence-corrected chi connectivity index (χ2v) is 4.56. The second-order valence-electron chi connectivity index (χ2n) is 4.56. The summed E-state index contributed by atoms with van der Waals surface area (Å²) in [5, 5.41) is 9.95. The maximum Gasteiger partial charge on any atom is 0.241 e. The first kappa shape index (κ1) is 11.4. The van der Waals surface area contributed by atoms with Crippen molar-refractivity contribution < 1.29 is 9.90 Å². The minimum atomic E-state index is -0.862. The molecule has 1 aliphatic heterocycles. The van der Waals surface area contributed by atoms with Crippen LogP contribution in [0.15, 0.2) is 0 Å². The molecule has 1 aliphatic rings. The SMILES string of the molecule is CN(C)CC(C)(O)CN1CC(N)C1=O. The van der Waals surface area contributed by atoms with E-state index in [9.17, 15) is 9.90 Å². The number of likely N-dealkylation sites (N-methyl/N-ethyl adjacent to an activating group) is 1. The van der Waals surface area contributed by atoms with Gasteiger partial charge in [-0.25, -0.2) is 0 Å². The second kappa shape index (κ2) is 3.84. The maximum atomic E-state index is 11.2. The van der Waals surface area contributed by atoms with Gasteiger partial charge >= 0.3 is 0 Å². The molecule has 1 heterocycles. The predicted octanol–water partition coefficient (Wildman–Crippen LogP) is -1.53. The van der Waals surface area contributed by atoms with E-state index in [0.717, 1.165) is 0 Å². The summed E-state index contributed by atoms with van der Waals surface area (Å²) in [6.07, 6.45) is 0. The number of β-lactam (4-membered cyclic amide) rings is 1. The quantitative estimate of drug-likeness (QED) is 0.541. The van der Waals surface area contributed by atoms with Gasteiger partial charge in [-0.15, -0.1) is 0 Å². The summed E-state index contributed by atoms with van der Waals surface area (Å²) in [6, 6.07) is -0.356. The molecule has 5 heteroatoms. The van der Waals surface area contributed by atoms with Crippen molar-refractivity contribution in [2.24, 2.45) is 5.73 Å². The first-order chi connectivity index (χ1) is 6.32. The number of nitrogens with zero attached hydrogens (tertiary/aromatic N) is 2. The Morgan fingerprint density at radius 2 is 2.29 bits per heavy atom. The van der Waals surface area contributed by atoms with Gasteiger partial charge < -0.3 is 20.6 Å². The van der Waals surface area contributed by atoms with Gasteiger partial charge in [0.2, 0.25) is 5.91 Å². The van der Waals surface area contributed by atoms with Crippen molar-refractivity contribution in [3.8, 4) is 0 Å². The number of rotatable bonds is 4. The molecule has 0 spiro atoms. The molecular weight excluding hydrogens is 182 g/mol. The molecule has 0 aromatic rings. The predicted molar refractivity (Wildman–Crippen MR) is 53.7 cm³/mol. The molecule has 1 saturated heterocycles. The van der Waals surface area contributed by atoms with E-state index in [4.69, 9.17) is 5.73 Å². The van der Waals surface area contributed by atoms with Crippen LogP contribution < -0.4 is 5.73 Å². The van der Waals surface area contributed by atoms with Gasteiger partial charge in [0.25, 0.3) is 0 Å². The fourth-order valence-corrected chi connectivity index (χ4v) is 1.81. The molecule has 0 aliphatic carbocycles. The van der Waals surface area contributed by atoms with Crippen LogP contribution in [0.1, 0.15) is 6.92 Å². The summed E-state index contributed by atoms with van der Waals surface area (Å²) in [4.78, 5) is 14.7. The van der Waals surface area contributed by atoms with Gasteiger partial charge in [0, 0.05) is 13.1 Å². The van der Waals surface area contributed by atoms with E-state index in [0.29, 0.717) is 19.6 Å². The standard InChI is InChI=1S/C9H19N3O2/c1-9(14,5-11(2)3)6-12-4-7(10)8(12)13/h7,14H,4-6,10H2,1-3H3. The third-order valence-corrected chi connectivity index (χ3v) is 2.23. The van der Waals surface area contributed by atoms with Gasteiger partial charge in [-0.2, -0.15) is 0 Å². The summed E-state index contributed by atoms with van der Waals surface area (Å²) >= 11 is 0. The topological polar surface area (TPSA) is 69.8 Å². The number of carbonyl (C=O) groups is 1. The van der Waals surface area contributed by atoms with E-state index in [1.807, 2.05) is 19.0 Å². The Labute approximate surface area is 84.5 Å². The monoisotopic (exact) mass is 201 g/mol. The molecule has 0 aromatic heterocycles. The summed E-state index contributed by atoms with van der Waals surface area (Å²) in [5.41, 5.74) is 4.59. The Kier molecular flexibility index (Phi) is 3.14. The highest BCUT2D eigenvalue weighted by Crippen LogP contribution is 2.14. The lowest BCUT2D eigenvalue weighted by Crippen LogP contribution is -2.64. The van der Waals surface area contributed by atoms with Gasteiger partial charge in [0.15, 0.2) is 0 Å². The van der Waals surface area contributed by atoms with Crippen LogP contribution in [0, 0.1) is 0 Å². The van der Waals surface area contributed by atoms with E-state index in [1.54, 1.807) is 11.8 Å². The third-order valence-electron chi connectivity index (χ3n) is 2.23. The van der Waals surface area contributed by atoms with Crippen LogP contribution in [0.25, 0.3) is 0 Å². The third kappa shape index (κ3) is 2.67. The number of carbonyl (C=O) groups excluding carboxylic acids is 1. The van der Waals surface area contributed by atoms with Gasteiger partial charge in [-0.1, -0.05) is 0 Å². The molecular formula is C9H19N3O2. The highest BCUT2D eigenvalue weighted by Gasteiger charge is 2.37. The highest BCUT2D eigenvalue weighted by molar-refractivity contribution is 5.87. The number of β-amino-alcohol motifs (C(OH)–C–C–N with tert-alkyl or cyclic N) is 1. The molecule has 1 rings (SSSR count). The van der Waals surface area contributed by atoms with Crippen LogP contribution >= 0.6 is 0 Å². The Balaban J connectivity index is 2.40. The number of hydrogen-bond donors (Lipinski definition) is 2. The maximum absolute atomic E-state index is 11.2. The van der Waals surface area contributed by atoms with Crippen LogP contribution in [0.3, 0.4) is 0 Å². The van der Waals surface area contributed by atoms with Crippen molar-refractivity contribution in [1.29, 1.82) is 0 Å². The number of aliphatic hydroxyl groups is 1. The fraction of sp³-hybridized carbons (Fsp3) is 0.889. The fourth-order valence-electron chi connectivity index (χ4n) is 1.81. The minimum Gasteiger partial charge on any atom is -0.387 e. The number of amides is 1. The van der Waals surface area contributed by atoms with E-state index in [1.165, 1.54) is 0 Å². The van der Waals surface area contributed by atoms with E-state index < -0.39 is 5.60 Å². The van der Waals surface area contributed by atoms with Crippen LogP contribution in [-0.2, 0) is 4.79 Å². The van der Waals surface area contributed by atoms with Crippen LogP contribution in [-0.4, -0.2) is 66.2 Å². The van der Waals surface area contributed by atoms with E-state index in [2.05, 4.69) is 0 Å². The summed E-state index contributed by atoms with van der Waals surface area (Å²) in [7, 11) is 3.77. The molecule has 2 atom stereocenters. The molecule has 3 N–H and O–H groups in total. The average Bonchev–Trinajstić information content (AvgIpc) is 2.00. The van der Waals surface area contributed by atoms with Gasteiger partial charge in [-0.05, 0) is 21.0 Å². The molecule has 2 unspecified atom stereocenters. The summed E-state index contributed by atoms with van der Waals surface area (Å²) in [5.74, 6) is -0.0657. The van der Waals surface area contributed by atoms with Crippen LogP contribution in [0.2, 0.25) is 0 Å². The zero-order chi connectivity index (χ0) is 10.9. The molecule has 0 radical (unpaired) electrons. The van der Waals surface area contributed by atoms with Gasteiger partial charge in [0.1, 0.15) is 6.04 Å². The largest absolute Gasteiger partial charge is 0.387 e. The molecule has 1 fully saturated rings. The lowest BCUT2D eigenvalue weighted by Gasteiger charge is -2.41. The van der Waals surface area contributed by atoms with Crippen molar-refractivity contribution in [2.75, 3.05) is 33.7 Å². The lowest BCUT2D eigenvalue weighted by molar-refractivity contribution is -0.147. The Bertz CT molecular complexity index is 228. The molecule has 14 heavy (non-hydrogen) atoms. The van der Waals surface area contributed by atoms with Crippen molar-refractivity contribution in [2.45, 2.75) is 18.6 Å². The van der Waals surface area contributed by atoms with Crippen molar-refractivity contribution in [1.82, 2.24) is 9.80 Å². The zero-order valence-electron chi connectivity index (χ0n) is 9.03. The smallest absolute Gasteiger partial charge is 0.241 e. The zero-order valence-corrected chi connectivity index (χ0v) is 9.03. The van der Waals surface area contributed by atoms with Crippen LogP contribution in [0.4, 0.5) is 0 Å². The van der Waals surface area contributed by atoms with Gasteiger partial charge in [0.05, 0.1) is 12.1 Å². The molecule has 82 valence electrons. The number of hydrogen-bond acceptors (Lipinski definition) is 4. The summed E-state index contributed by atoms with van der Waals surface area (Å²) in [6.45, 7) is 3.18. The minimum absolute atomic E-state index is 0.0657. The number of nitrogens with two attached hydrogens (primary N) is 1. The first-order valence-electron chi connectivity index (χ1n) is 4.73. The molecule has 1 amide bonds. The highest BCUT2D eigenvalue weighted by atomic mass is 16.3. The number of likely N-dealkylation sites (tertiary alicyclic amines) is 1. The lowest BCUT2D eigenvalue weighted by atomic mass is 10.0. The Morgan fingerprint density at radius 1 is 1.71 bits per heavy atom. The molecule has 0 aromatic carbocycles. The first-order valence-corrected chi connectivity index (χ1v) is 4.73.